The van der Waals surface area contributed by atoms with Gasteiger partial charge in [0, 0.05) is 0 Å². The van der Waals surface area contributed by atoms with Crippen molar-refractivity contribution in [3.63, 3.8) is 0 Å². The molecule has 0 aliphatic heterocycles. The van der Waals surface area contributed by atoms with Crippen molar-refractivity contribution in [1.82, 2.24) is 5.48 Å². The predicted octanol–water partition coefficient (Wildman–Crippen LogP) is 1.75. The minimum atomic E-state index is -0.188. The van der Waals surface area contributed by atoms with E-state index in [0.29, 0.717) is 6.61 Å². The van der Waals surface area contributed by atoms with Crippen molar-refractivity contribution in [2.45, 2.75) is 20.3 Å². The molecule has 0 aliphatic rings. The average molecular weight is 223 g/mol. The second-order valence-electron chi connectivity index (χ2n) is 3.65. The number of nitrogens with one attached hydrogen (secondary N) is 1. The van der Waals surface area contributed by atoms with Crippen LogP contribution in [0.4, 0.5) is 0 Å². The van der Waals surface area contributed by atoms with Gasteiger partial charge in [0.25, 0.3) is 0 Å². The molecule has 0 radical (unpaired) electrons. The highest BCUT2D eigenvalue weighted by molar-refractivity contribution is 5.74. The number of carbonyl (C=O) groups excluding carboxylic acids is 1. The van der Waals surface area contributed by atoms with Crippen LogP contribution in [-0.4, -0.2) is 19.6 Å². The first-order valence-electron chi connectivity index (χ1n) is 5.14. The maximum atomic E-state index is 11.1. The number of rotatable bonds is 5. The third-order valence-electron chi connectivity index (χ3n) is 2.01. The van der Waals surface area contributed by atoms with Gasteiger partial charge in [0.15, 0.2) is 0 Å². The van der Waals surface area contributed by atoms with Crippen LogP contribution in [0.3, 0.4) is 0 Å². The summed E-state index contributed by atoms with van der Waals surface area (Å²) in [7, 11) is 1.41. The average Bonchev–Trinajstić information content (AvgIpc) is 2.16. The number of amides is 1. The first kappa shape index (κ1) is 12.5. The summed E-state index contributed by atoms with van der Waals surface area (Å²) < 4.78 is 5.47. The van der Waals surface area contributed by atoms with Crippen molar-refractivity contribution >= 4 is 5.91 Å². The quantitative estimate of drug-likeness (QED) is 0.774. The Morgan fingerprint density at radius 1 is 1.25 bits per heavy atom. The van der Waals surface area contributed by atoms with E-state index in [-0.39, 0.29) is 12.3 Å². The van der Waals surface area contributed by atoms with Crippen LogP contribution in [0.2, 0.25) is 0 Å². The molecule has 0 spiro atoms. The van der Waals surface area contributed by atoms with E-state index in [1.165, 1.54) is 7.11 Å². The van der Waals surface area contributed by atoms with Gasteiger partial charge in [-0.05, 0) is 37.1 Å². The van der Waals surface area contributed by atoms with Crippen molar-refractivity contribution in [1.29, 1.82) is 0 Å². The fourth-order valence-corrected chi connectivity index (χ4v) is 1.44. The lowest BCUT2D eigenvalue weighted by atomic mass is 10.1. The standard InChI is InChI=1S/C12H17NO3/c1-9-6-10(2)8-11(7-9)16-5-4-12(14)13-15-3/h6-8H,4-5H2,1-3H3,(H,13,14). The van der Waals surface area contributed by atoms with E-state index in [9.17, 15) is 4.79 Å². The Hall–Kier alpha value is -1.55. The van der Waals surface area contributed by atoms with E-state index in [1.54, 1.807) is 0 Å². The van der Waals surface area contributed by atoms with Gasteiger partial charge in [-0.15, -0.1) is 0 Å². The van der Waals surface area contributed by atoms with Gasteiger partial charge in [-0.3, -0.25) is 9.63 Å². The van der Waals surface area contributed by atoms with Crippen LogP contribution in [0.15, 0.2) is 18.2 Å². The first-order chi connectivity index (χ1) is 7.61. The SMILES string of the molecule is CONC(=O)CCOc1cc(C)cc(C)c1. The van der Waals surface area contributed by atoms with E-state index in [0.717, 1.165) is 16.9 Å². The van der Waals surface area contributed by atoms with E-state index >= 15 is 0 Å². The highest BCUT2D eigenvalue weighted by atomic mass is 16.6. The molecule has 4 heteroatoms. The molecule has 88 valence electrons. The zero-order valence-corrected chi connectivity index (χ0v) is 9.87. The second-order valence-corrected chi connectivity index (χ2v) is 3.65. The lowest BCUT2D eigenvalue weighted by molar-refractivity contribution is -0.131. The number of carbonyl (C=O) groups is 1. The van der Waals surface area contributed by atoms with Gasteiger partial charge in [0.1, 0.15) is 5.75 Å². The molecule has 1 amide bonds. The summed E-state index contributed by atoms with van der Waals surface area (Å²) >= 11 is 0. The number of aryl methyl sites for hydroxylation is 2. The third kappa shape index (κ3) is 4.31. The summed E-state index contributed by atoms with van der Waals surface area (Å²) in [6.07, 6.45) is 0.279. The molecular weight excluding hydrogens is 206 g/mol. The fraction of sp³-hybridized carbons (Fsp3) is 0.417. The van der Waals surface area contributed by atoms with Crippen LogP contribution in [0, 0.1) is 13.8 Å². The Labute approximate surface area is 95.5 Å². The molecule has 1 N–H and O–H groups in total. The van der Waals surface area contributed by atoms with Crippen LogP contribution in [0.5, 0.6) is 5.75 Å². The van der Waals surface area contributed by atoms with Gasteiger partial charge in [0.2, 0.25) is 5.91 Å². The zero-order chi connectivity index (χ0) is 12.0. The van der Waals surface area contributed by atoms with Crippen molar-refractivity contribution in [2.24, 2.45) is 0 Å². The fourth-order valence-electron chi connectivity index (χ4n) is 1.44. The molecule has 0 bridgehead atoms. The number of hydrogen-bond donors (Lipinski definition) is 1. The lowest BCUT2D eigenvalue weighted by Gasteiger charge is -2.07. The lowest BCUT2D eigenvalue weighted by Crippen LogP contribution is -2.23. The summed E-state index contributed by atoms with van der Waals surface area (Å²) in [6, 6.07) is 5.97. The van der Waals surface area contributed by atoms with Crippen LogP contribution in [-0.2, 0) is 9.63 Å². The Kier molecular flexibility index (Phi) is 4.79. The van der Waals surface area contributed by atoms with E-state index in [2.05, 4.69) is 16.4 Å². The third-order valence-corrected chi connectivity index (χ3v) is 2.01. The number of ether oxygens (including phenoxy) is 1. The monoisotopic (exact) mass is 223 g/mol. The van der Waals surface area contributed by atoms with Crippen molar-refractivity contribution in [3.8, 4) is 5.75 Å². The molecule has 0 aliphatic carbocycles. The normalized spacial score (nSPS) is 9.94. The Bertz CT molecular complexity index is 343. The molecule has 1 rings (SSSR count). The summed E-state index contributed by atoms with van der Waals surface area (Å²) in [5.74, 6) is 0.606. The highest BCUT2D eigenvalue weighted by Crippen LogP contribution is 2.16. The molecule has 0 atom stereocenters. The maximum absolute atomic E-state index is 11.1. The molecule has 0 unspecified atom stereocenters. The van der Waals surface area contributed by atoms with Crippen molar-refractivity contribution in [2.75, 3.05) is 13.7 Å². The number of hydroxylamine groups is 1. The Morgan fingerprint density at radius 3 is 2.44 bits per heavy atom. The van der Waals surface area contributed by atoms with Crippen LogP contribution in [0.25, 0.3) is 0 Å². The molecule has 1 aromatic rings. The topological polar surface area (TPSA) is 47.6 Å². The summed E-state index contributed by atoms with van der Waals surface area (Å²) in [5, 5.41) is 0. The smallest absolute Gasteiger partial charge is 0.246 e. The molecule has 4 nitrogen and oxygen atoms in total. The van der Waals surface area contributed by atoms with Gasteiger partial charge < -0.3 is 4.74 Å². The van der Waals surface area contributed by atoms with E-state index in [1.807, 2.05) is 26.0 Å². The first-order valence-corrected chi connectivity index (χ1v) is 5.14. The summed E-state index contributed by atoms with van der Waals surface area (Å²) in [5.41, 5.74) is 4.53. The molecule has 0 fully saturated rings. The molecule has 1 aromatic carbocycles. The van der Waals surface area contributed by atoms with Crippen molar-refractivity contribution < 1.29 is 14.4 Å². The molecule has 0 aromatic heterocycles. The van der Waals surface area contributed by atoms with Crippen LogP contribution >= 0.6 is 0 Å². The van der Waals surface area contributed by atoms with E-state index < -0.39 is 0 Å². The van der Waals surface area contributed by atoms with Gasteiger partial charge in [-0.25, -0.2) is 5.48 Å². The molecule has 0 saturated carbocycles. The van der Waals surface area contributed by atoms with Gasteiger partial charge in [0.05, 0.1) is 20.1 Å². The van der Waals surface area contributed by atoms with Gasteiger partial charge >= 0.3 is 0 Å². The summed E-state index contributed by atoms with van der Waals surface area (Å²) in [6.45, 7) is 4.37. The minimum absolute atomic E-state index is 0.188. The van der Waals surface area contributed by atoms with E-state index in [4.69, 9.17) is 4.74 Å². The number of hydrogen-bond acceptors (Lipinski definition) is 3. The maximum Gasteiger partial charge on any atom is 0.246 e. The van der Waals surface area contributed by atoms with Crippen molar-refractivity contribution in [3.05, 3.63) is 29.3 Å². The predicted molar refractivity (Wildman–Crippen MR) is 61.2 cm³/mol. The van der Waals surface area contributed by atoms with Gasteiger partial charge in [-0.2, -0.15) is 0 Å². The summed E-state index contributed by atoms with van der Waals surface area (Å²) in [4.78, 5) is 15.5. The molecular formula is C12H17NO3. The highest BCUT2D eigenvalue weighted by Gasteiger charge is 2.01. The molecule has 0 heterocycles. The molecule has 0 saturated heterocycles. The van der Waals surface area contributed by atoms with Crippen LogP contribution < -0.4 is 10.2 Å². The van der Waals surface area contributed by atoms with Gasteiger partial charge in [-0.1, -0.05) is 6.07 Å². The largest absolute Gasteiger partial charge is 0.493 e. The second kappa shape index (κ2) is 6.12. The minimum Gasteiger partial charge on any atom is -0.493 e. The Balaban J connectivity index is 2.40. The molecule has 16 heavy (non-hydrogen) atoms. The number of benzene rings is 1. The zero-order valence-electron chi connectivity index (χ0n) is 9.87. The van der Waals surface area contributed by atoms with Crippen LogP contribution in [0.1, 0.15) is 17.5 Å². The Morgan fingerprint density at radius 2 is 1.88 bits per heavy atom.